The molecule has 0 aromatic carbocycles. The quantitative estimate of drug-likeness (QED) is 0.566. The minimum Gasteiger partial charge on any atom is -0.481 e. The zero-order chi connectivity index (χ0) is 14.4. The summed E-state index contributed by atoms with van der Waals surface area (Å²) < 4.78 is 0. The van der Waals surface area contributed by atoms with Gasteiger partial charge in [-0.15, -0.1) is 0 Å². The predicted octanol–water partition coefficient (Wildman–Crippen LogP) is 0.650. The number of rotatable bonds is 6. The Hall–Kier alpha value is -1.79. The van der Waals surface area contributed by atoms with Gasteiger partial charge in [0.05, 0.1) is 6.42 Å². The minimum absolute atomic E-state index is 0.411. The molecule has 0 spiro atoms. The lowest BCUT2D eigenvalue weighted by molar-refractivity contribution is -0.145. The lowest BCUT2D eigenvalue weighted by Gasteiger charge is -2.18. The first-order chi connectivity index (χ1) is 8.90. The van der Waals surface area contributed by atoms with E-state index in [1.165, 1.54) is 0 Å². The lowest BCUT2D eigenvalue weighted by Crippen LogP contribution is -2.48. The van der Waals surface area contributed by atoms with Gasteiger partial charge in [-0.1, -0.05) is 19.8 Å². The van der Waals surface area contributed by atoms with Crippen molar-refractivity contribution < 1.29 is 24.6 Å². The average molecular weight is 272 g/mol. The Labute approximate surface area is 111 Å². The number of nitrogens with one attached hydrogen (secondary N) is 2. The first-order valence-corrected chi connectivity index (χ1v) is 6.39. The van der Waals surface area contributed by atoms with Crippen LogP contribution in [0.15, 0.2) is 0 Å². The summed E-state index contributed by atoms with van der Waals surface area (Å²) >= 11 is 0. The Kier molecular flexibility index (Phi) is 5.59. The van der Waals surface area contributed by atoms with Gasteiger partial charge >= 0.3 is 18.0 Å². The molecule has 7 heteroatoms. The Morgan fingerprint density at radius 3 is 2.42 bits per heavy atom. The van der Waals surface area contributed by atoms with Gasteiger partial charge in [-0.05, 0) is 18.3 Å². The summed E-state index contributed by atoms with van der Waals surface area (Å²) in [4.78, 5) is 32.8. The van der Waals surface area contributed by atoms with E-state index in [4.69, 9.17) is 10.2 Å². The molecule has 0 aliphatic heterocycles. The van der Waals surface area contributed by atoms with E-state index in [0.717, 1.165) is 19.3 Å². The normalized spacial score (nSPS) is 23.6. The Balaban J connectivity index is 2.35. The first kappa shape index (κ1) is 15.3. The van der Waals surface area contributed by atoms with Crippen LogP contribution in [-0.4, -0.2) is 40.8 Å². The van der Waals surface area contributed by atoms with Gasteiger partial charge in [0.2, 0.25) is 0 Å². The third kappa shape index (κ3) is 5.15. The van der Waals surface area contributed by atoms with Gasteiger partial charge in [-0.3, -0.25) is 4.79 Å². The van der Waals surface area contributed by atoms with E-state index in [9.17, 15) is 14.4 Å². The molecule has 7 nitrogen and oxygen atoms in total. The van der Waals surface area contributed by atoms with Crippen molar-refractivity contribution in [3.8, 4) is 0 Å². The summed E-state index contributed by atoms with van der Waals surface area (Å²) in [7, 11) is 0. The highest BCUT2D eigenvalue weighted by Gasteiger charge is 2.25. The smallest absolute Gasteiger partial charge is 0.326 e. The van der Waals surface area contributed by atoms with E-state index in [-0.39, 0.29) is 0 Å². The number of carboxylic acids is 2. The second kappa shape index (κ2) is 6.96. The van der Waals surface area contributed by atoms with Gasteiger partial charge in [0.1, 0.15) is 6.04 Å². The Bertz CT molecular complexity index is 358. The molecule has 1 saturated carbocycles. The molecule has 2 amide bonds. The number of aliphatic carboxylic acids is 2. The van der Waals surface area contributed by atoms with E-state index >= 15 is 0 Å². The molecule has 0 aromatic heterocycles. The second-order valence-electron chi connectivity index (χ2n) is 5.01. The molecule has 19 heavy (non-hydrogen) atoms. The SMILES string of the molecule is CC1CCCC1CNC(=O)N[C@H](CC(=O)O)C(=O)O. The molecule has 3 atom stereocenters. The standard InChI is InChI=1S/C12H20N2O5/c1-7-3-2-4-8(7)6-13-12(19)14-9(11(17)18)5-10(15)16/h7-9H,2-6H2,1H3,(H,15,16)(H,17,18)(H2,13,14,19)/t7?,8?,9-/m1/s1. The molecular weight excluding hydrogens is 252 g/mol. The fraction of sp³-hybridized carbons (Fsp3) is 0.750. The maximum Gasteiger partial charge on any atom is 0.326 e. The maximum atomic E-state index is 11.5. The van der Waals surface area contributed by atoms with Crippen molar-refractivity contribution in [1.29, 1.82) is 0 Å². The molecule has 0 saturated heterocycles. The van der Waals surface area contributed by atoms with Crippen molar-refractivity contribution in [3.63, 3.8) is 0 Å². The second-order valence-corrected chi connectivity index (χ2v) is 5.01. The zero-order valence-corrected chi connectivity index (χ0v) is 10.9. The number of amides is 2. The molecule has 2 unspecified atom stereocenters. The van der Waals surface area contributed by atoms with Crippen LogP contribution in [0.5, 0.6) is 0 Å². The third-order valence-corrected chi connectivity index (χ3v) is 3.55. The largest absolute Gasteiger partial charge is 0.481 e. The summed E-state index contributed by atoms with van der Waals surface area (Å²) in [5.41, 5.74) is 0. The predicted molar refractivity (Wildman–Crippen MR) is 66.7 cm³/mol. The number of carbonyl (C=O) groups is 3. The fourth-order valence-corrected chi connectivity index (χ4v) is 2.33. The number of hydrogen-bond acceptors (Lipinski definition) is 3. The van der Waals surface area contributed by atoms with Gasteiger partial charge in [-0.2, -0.15) is 0 Å². The topological polar surface area (TPSA) is 116 Å². The van der Waals surface area contributed by atoms with E-state index < -0.39 is 30.4 Å². The molecule has 0 heterocycles. The summed E-state index contributed by atoms with van der Waals surface area (Å²) in [5.74, 6) is -1.66. The van der Waals surface area contributed by atoms with Gasteiger partial charge in [0.15, 0.2) is 0 Å². The maximum absolute atomic E-state index is 11.5. The Morgan fingerprint density at radius 2 is 1.95 bits per heavy atom. The fourth-order valence-electron chi connectivity index (χ4n) is 2.33. The summed E-state index contributed by atoms with van der Waals surface area (Å²) in [6.45, 7) is 2.62. The number of carboxylic acid groups (broad SMARTS) is 2. The molecule has 4 N–H and O–H groups in total. The van der Waals surface area contributed by atoms with Crippen molar-refractivity contribution in [2.24, 2.45) is 11.8 Å². The third-order valence-electron chi connectivity index (χ3n) is 3.55. The number of hydrogen-bond donors (Lipinski definition) is 4. The van der Waals surface area contributed by atoms with Crippen LogP contribution in [0.3, 0.4) is 0 Å². The lowest BCUT2D eigenvalue weighted by atomic mass is 9.98. The van der Waals surface area contributed by atoms with Crippen LogP contribution in [0.2, 0.25) is 0 Å². The molecular formula is C12H20N2O5. The number of carbonyl (C=O) groups excluding carboxylic acids is 1. The van der Waals surface area contributed by atoms with Crippen LogP contribution in [0, 0.1) is 11.8 Å². The van der Waals surface area contributed by atoms with E-state index in [0.29, 0.717) is 18.4 Å². The zero-order valence-electron chi connectivity index (χ0n) is 10.9. The first-order valence-electron chi connectivity index (χ1n) is 6.39. The van der Waals surface area contributed by atoms with Crippen molar-refractivity contribution in [2.75, 3.05) is 6.54 Å². The van der Waals surface area contributed by atoms with Crippen LogP contribution in [0.4, 0.5) is 4.79 Å². The number of urea groups is 1. The highest BCUT2D eigenvalue weighted by molar-refractivity contribution is 5.86. The van der Waals surface area contributed by atoms with Crippen LogP contribution in [0.25, 0.3) is 0 Å². The van der Waals surface area contributed by atoms with E-state index in [1.54, 1.807) is 0 Å². The van der Waals surface area contributed by atoms with Crippen molar-refractivity contribution in [2.45, 2.75) is 38.6 Å². The molecule has 1 aliphatic rings. The van der Waals surface area contributed by atoms with Gasteiger partial charge in [0, 0.05) is 6.54 Å². The van der Waals surface area contributed by atoms with Gasteiger partial charge < -0.3 is 20.8 Å². The van der Waals surface area contributed by atoms with Crippen LogP contribution >= 0.6 is 0 Å². The summed E-state index contributed by atoms with van der Waals surface area (Å²) in [6.07, 6.45) is 2.71. The van der Waals surface area contributed by atoms with Crippen molar-refractivity contribution in [1.82, 2.24) is 10.6 Å². The van der Waals surface area contributed by atoms with E-state index in [2.05, 4.69) is 17.6 Å². The van der Waals surface area contributed by atoms with E-state index in [1.807, 2.05) is 0 Å². The van der Waals surface area contributed by atoms with Crippen molar-refractivity contribution in [3.05, 3.63) is 0 Å². The van der Waals surface area contributed by atoms with Crippen molar-refractivity contribution >= 4 is 18.0 Å². The van der Waals surface area contributed by atoms with Crippen LogP contribution in [0.1, 0.15) is 32.6 Å². The monoisotopic (exact) mass is 272 g/mol. The molecule has 1 rings (SSSR count). The van der Waals surface area contributed by atoms with Crippen LogP contribution < -0.4 is 10.6 Å². The van der Waals surface area contributed by atoms with Gasteiger partial charge in [0.25, 0.3) is 0 Å². The summed E-state index contributed by atoms with van der Waals surface area (Å²) in [5, 5.41) is 22.1. The summed E-state index contributed by atoms with van der Waals surface area (Å²) in [6, 6.07) is -2.04. The minimum atomic E-state index is -1.40. The Morgan fingerprint density at radius 1 is 1.26 bits per heavy atom. The van der Waals surface area contributed by atoms with Crippen LogP contribution in [-0.2, 0) is 9.59 Å². The molecule has 1 fully saturated rings. The molecule has 0 aromatic rings. The molecule has 1 aliphatic carbocycles. The molecule has 0 radical (unpaired) electrons. The average Bonchev–Trinajstić information content (AvgIpc) is 2.70. The highest BCUT2D eigenvalue weighted by Crippen LogP contribution is 2.30. The van der Waals surface area contributed by atoms with Gasteiger partial charge in [-0.25, -0.2) is 9.59 Å². The molecule has 108 valence electrons. The molecule has 0 bridgehead atoms. The highest BCUT2D eigenvalue weighted by atomic mass is 16.4.